The molecule has 0 spiro atoms. The molecular weight excluding hydrogens is 232 g/mol. The Balaban J connectivity index is 2.17. The highest BCUT2D eigenvalue weighted by atomic mass is 16.5. The monoisotopic (exact) mass is 262 g/mol. The largest absolute Gasteiger partial charge is 0.295 e. The Labute approximate surface area is 111 Å². The maximum absolute atomic E-state index is 9.64. The molecule has 2 N–H and O–H groups in total. The maximum atomic E-state index is 9.64. The van der Waals surface area contributed by atoms with Crippen molar-refractivity contribution in [3.63, 3.8) is 0 Å². The average molecular weight is 262 g/mol. The summed E-state index contributed by atoms with van der Waals surface area (Å²) < 4.78 is 0.0762. The SMILES string of the molecule is C[N+](C)(O)CCN1CCN(CC[N+](C)(C)O)CC1. The molecule has 6 nitrogen and oxygen atoms in total. The smallest absolute Gasteiger partial charge is 0.121 e. The Morgan fingerprint density at radius 2 is 1.00 bits per heavy atom. The van der Waals surface area contributed by atoms with Gasteiger partial charge in [0.15, 0.2) is 0 Å². The van der Waals surface area contributed by atoms with E-state index in [0.717, 1.165) is 52.4 Å². The number of hydroxylamine groups is 6. The summed E-state index contributed by atoms with van der Waals surface area (Å²) in [7, 11) is 7.21. The predicted molar refractivity (Wildman–Crippen MR) is 70.4 cm³/mol. The van der Waals surface area contributed by atoms with Gasteiger partial charge in [-0.2, -0.15) is 9.29 Å². The van der Waals surface area contributed by atoms with Gasteiger partial charge < -0.3 is 0 Å². The summed E-state index contributed by atoms with van der Waals surface area (Å²) in [6.07, 6.45) is 0. The Morgan fingerprint density at radius 3 is 1.22 bits per heavy atom. The van der Waals surface area contributed by atoms with Crippen LogP contribution in [-0.4, -0.2) is 110 Å². The summed E-state index contributed by atoms with van der Waals surface area (Å²) in [6.45, 7) is 7.63. The molecule has 0 atom stereocenters. The van der Waals surface area contributed by atoms with Crippen molar-refractivity contribution in [2.45, 2.75) is 0 Å². The van der Waals surface area contributed by atoms with Crippen LogP contribution in [0.3, 0.4) is 0 Å². The highest BCUT2D eigenvalue weighted by Crippen LogP contribution is 2.03. The van der Waals surface area contributed by atoms with Crippen LogP contribution < -0.4 is 0 Å². The Morgan fingerprint density at radius 1 is 0.722 bits per heavy atom. The third-order valence-corrected chi connectivity index (χ3v) is 3.39. The highest BCUT2D eigenvalue weighted by molar-refractivity contribution is 4.71. The highest BCUT2D eigenvalue weighted by Gasteiger charge is 2.21. The van der Waals surface area contributed by atoms with Crippen molar-refractivity contribution in [2.75, 3.05) is 80.5 Å². The minimum atomic E-state index is 0.0381. The van der Waals surface area contributed by atoms with Gasteiger partial charge in [0.25, 0.3) is 0 Å². The molecule has 0 amide bonds. The number of hydrogen-bond acceptors (Lipinski definition) is 4. The molecular formula is C12H30N4O2+2. The second-order valence-electron chi connectivity index (χ2n) is 6.37. The lowest BCUT2D eigenvalue weighted by Gasteiger charge is -2.36. The number of rotatable bonds is 6. The van der Waals surface area contributed by atoms with Crippen molar-refractivity contribution >= 4 is 0 Å². The first-order valence-electron chi connectivity index (χ1n) is 6.72. The van der Waals surface area contributed by atoms with E-state index in [2.05, 4.69) is 9.80 Å². The van der Waals surface area contributed by atoms with E-state index >= 15 is 0 Å². The molecule has 0 bridgehead atoms. The van der Waals surface area contributed by atoms with Crippen LogP contribution in [0.1, 0.15) is 0 Å². The van der Waals surface area contributed by atoms with Crippen LogP contribution >= 0.6 is 0 Å². The van der Waals surface area contributed by atoms with Crippen LogP contribution in [0.25, 0.3) is 0 Å². The van der Waals surface area contributed by atoms with Gasteiger partial charge in [0, 0.05) is 26.2 Å². The fourth-order valence-corrected chi connectivity index (χ4v) is 2.01. The van der Waals surface area contributed by atoms with Crippen LogP contribution in [0.2, 0.25) is 0 Å². The summed E-state index contributed by atoms with van der Waals surface area (Å²) in [6, 6.07) is 0. The molecule has 0 aromatic heterocycles. The van der Waals surface area contributed by atoms with Crippen molar-refractivity contribution in [3.05, 3.63) is 0 Å². The van der Waals surface area contributed by atoms with E-state index in [1.165, 1.54) is 0 Å². The molecule has 108 valence electrons. The summed E-state index contributed by atoms with van der Waals surface area (Å²) in [5.74, 6) is 0. The number of quaternary nitrogens is 2. The molecule has 1 rings (SSSR count). The van der Waals surface area contributed by atoms with Crippen LogP contribution in [0, 0.1) is 0 Å². The average Bonchev–Trinajstić information content (AvgIpc) is 2.23. The number of hydrogen-bond donors (Lipinski definition) is 2. The standard InChI is InChI=1S/C12H30N4O2/c1-15(2,17)11-9-13-5-7-14(8-6-13)10-12-16(3,4)18/h17-18H,5-12H2,1-4H3/q+2. The molecule has 1 saturated heterocycles. The zero-order valence-corrected chi connectivity index (χ0v) is 12.3. The maximum Gasteiger partial charge on any atom is 0.121 e. The van der Waals surface area contributed by atoms with E-state index < -0.39 is 0 Å². The Kier molecular flexibility index (Phi) is 5.51. The van der Waals surface area contributed by atoms with Crippen molar-refractivity contribution < 1.29 is 19.7 Å². The number of likely N-dealkylation sites (N-methyl/N-ethyl adjacent to an activating group) is 2. The third kappa shape index (κ3) is 7.25. The summed E-state index contributed by atoms with van der Waals surface area (Å²) in [5.41, 5.74) is 0. The molecule has 0 aromatic carbocycles. The van der Waals surface area contributed by atoms with Gasteiger partial charge in [0.2, 0.25) is 0 Å². The second-order valence-corrected chi connectivity index (χ2v) is 6.37. The van der Waals surface area contributed by atoms with E-state index in [-0.39, 0.29) is 9.29 Å². The number of piperazine rings is 1. The van der Waals surface area contributed by atoms with Gasteiger partial charge >= 0.3 is 0 Å². The van der Waals surface area contributed by atoms with Gasteiger partial charge in [-0.1, -0.05) is 0 Å². The Hall–Kier alpha value is -0.240. The molecule has 1 fully saturated rings. The normalized spacial score (nSPS) is 20.3. The fourth-order valence-electron chi connectivity index (χ4n) is 2.01. The molecule has 1 heterocycles. The molecule has 0 radical (unpaired) electrons. The van der Waals surface area contributed by atoms with Crippen molar-refractivity contribution in [3.8, 4) is 0 Å². The lowest BCUT2D eigenvalue weighted by Crippen LogP contribution is -2.52. The van der Waals surface area contributed by atoms with Gasteiger partial charge in [0.05, 0.1) is 41.3 Å². The third-order valence-electron chi connectivity index (χ3n) is 3.39. The van der Waals surface area contributed by atoms with Crippen LogP contribution in [-0.2, 0) is 0 Å². The van der Waals surface area contributed by atoms with Gasteiger partial charge in [0.1, 0.15) is 13.1 Å². The van der Waals surface area contributed by atoms with Crippen LogP contribution in [0.15, 0.2) is 0 Å². The molecule has 0 saturated carbocycles. The van der Waals surface area contributed by atoms with E-state index in [9.17, 15) is 10.4 Å². The minimum Gasteiger partial charge on any atom is -0.295 e. The minimum absolute atomic E-state index is 0.0381. The fraction of sp³-hybridized carbons (Fsp3) is 1.00. The molecule has 0 unspecified atom stereocenters. The van der Waals surface area contributed by atoms with Gasteiger partial charge in [-0.25, -0.2) is 10.4 Å². The first-order valence-corrected chi connectivity index (χ1v) is 6.72. The van der Waals surface area contributed by atoms with Gasteiger partial charge in [-0.05, 0) is 0 Å². The molecule has 0 aliphatic carbocycles. The first kappa shape index (κ1) is 15.8. The van der Waals surface area contributed by atoms with Gasteiger partial charge in [-0.15, -0.1) is 0 Å². The second kappa shape index (κ2) is 6.27. The lowest BCUT2D eigenvalue weighted by molar-refractivity contribution is -1.07. The predicted octanol–water partition coefficient (Wildman–Crippen LogP) is -0.465. The summed E-state index contributed by atoms with van der Waals surface area (Å²) in [5, 5.41) is 19.3. The van der Waals surface area contributed by atoms with E-state index in [4.69, 9.17) is 0 Å². The molecule has 1 aliphatic rings. The zero-order valence-electron chi connectivity index (χ0n) is 12.3. The molecule has 18 heavy (non-hydrogen) atoms. The zero-order chi connectivity index (χ0) is 13.8. The topological polar surface area (TPSA) is 46.9 Å². The van der Waals surface area contributed by atoms with Crippen LogP contribution in [0.4, 0.5) is 0 Å². The molecule has 0 aromatic rings. The van der Waals surface area contributed by atoms with E-state index in [1.54, 1.807) is 28.2 Å². The van der Waals surface area contributed by atoms with Crippen LogP contribution in [0.5, 0.6) is 0 Å². The molecule has 6 heteroatoms. The summed E-state index contributed by atoms with van der Waals surface area (Å²) >= 11 is 0. The summed E-state index contributed by atoms with van der Waals surface area (Å²) in [4.78, 5) is 4.79. The first-order chi connectivity index (χ1) is 8.16. The van der Waals surface area contributed by atoms with Gasteiger partial charge in [-0.3, -0.25) is 9.80 Å². The number of nitrogens with zero attached hydrogens (tertiary/aromatic N) is 4. The van der Waals surface area contributed by atoms with Crippen molar-refractivity contribution in [2.24, 2.45) is 0 Å². The molecule has 1 aliphatic heterocycles. The van der Waals surface area contributed by atoms with Crippen molar-refractivity contribution in [1.82, 2.24) is 9.80 Å². The van der Waals surface area contributed by atoms with Crippen molar-refractivity contribution in [1.29, 1.82) is 0 Å². The van der Waals surface area contributed by atoms with E-state index in [1.807, 2.05) is 0 Å². The quantitative estimate of drug-likeness (QED) is 0.502. The van der Waals surface area contributed by atoms with E-state index in [0.29, 0.717) is 0 Å². The Bertz CT molecular complexity index is 213. The lowest BCUT2D eigenvalue weighted by atomic mass is 10.3.